The number of benzene rings is 2. The van der Waals surface area contributed by atoms with Crippen LogP contribution in [0.5, 0.6) is 5.75 Å². The van der Waals surface area contributed by atoms with E-state index in [1.807, 2.05) is 31.1 Å². The Hall–Kier alpha value is -3.84. The van der Waals surface area contributed by atoms with Gasteiger partial charge in [-0.2, -0.15) is 13.2 Å². The van der Waals surface area contributed by atoms with Crippen LogP contribution in [0.15, 0.2) is 65.6 Å². The van der Waals surface area contributed by atoms with Crippen molar-refractivity contribution in [2.45, 2.75) is 43.0 Å². The first-order valence-electron chi connectivity index (χ1n) is 12.7. The van der Waals surface area contributed by atoms with E-state index in [4.69, 9.17) is 4.74 Å². The summed E-state index contributed by atoms with van der Waals surface area (Å²) in [5.41, 5.74) is -1.40. The molecule has 0 fully saturated rings. The third kappa shape index (κ3) is 6.73. The van der Waals surface area contributed by atoms with Gasteiger partial charge >= 0.3 is 6.18 Å². The van der Waals surface area contributed by atoms with Crippen LogP contribution < -0.4 is 19.3 Å². The zero-order valence-corrected chi connectivity index (χ0v) is 23.8. The number of hydrogen-bond donors (Lipinski definition) is 2. The highest BCUT2D eigenvalue weighted by Gasteiger charge is 2.37. The lowest BCUT2D eigenvalue weighted by Crippen LogP contribution is -2.46. The van der Waals surface area contributed by atoms with Crippen LogP contribution in [0.1, 0.15) is 25.8 Å². The number of nitrogens with zero attached hydrogens (tertiary/aromatic N) is 3. The summed E-state index contributed by atoms with van der Waals surface area (Å²) < 4.78 is 75.1. The van der Waals surface area contributed by atoms with Crippen molar-refractivity contribution in [2.24, 2.45) is 0 Å². The number of hydrogen-bond acceptors (Lipinski definition) is 7. The lowest BCUT2D eigenvalue weighted by atomic mass is 10.1. The van der Waals surface area contributed by atoms with E-state index in [9.17, 15) is 31.5 Å². The number of fused-ring (bicyclic) bond motifs is 1. The van der Waals surface area contributed by atoms with Crippen molar-refractivity contribution < 1.29 is 36.2 Å². The minimum Gasteiger partial charge on any atom is -0.486 e. The third-order valence-corrected chi connectivity index (χ3v) is 8.21. The molecule has 1 aliphatic heterocycles. The number of aliphatic hydroxyl groups is 1. The second-order valence-corrected chi connectivity index (χ2v) is 12.2. The van der Waals surface area contributed by atoms with E-state index in [1.54, 1.807) is 24.3 Å². The number of pyridine rings is 1. The fourth-order valence-electron chi connectivity index (χ4n) is 4.21. The highest BCUT2D eigenvalue weighted by Crippen LogP contribution is 2.41. The average molecular weight is 593 g/mol. The molecule has 3 aromatic rings. The average Bonchev–Trinajstić information content (AvgIpc) is 2.91. The molecule has 220 valence electrons. The van der Waals surface area contributed by atoms with Crippen LogP contribution in [0, 0.1) is 0 Å². The van der Waals surface area contributed by atoms with Gasteiger partial charge in [0.25, 0.3) is 15.9 Å². The van der Waals surface area contributed by atoms with Gasteiger partial charge in [-0.3, -0.25) is 9.10 Å². The molecule has 2 aromatic carbocycles. The Labute approximate surface area is 236 Å². The van der Waals surface area contributed by atoms with E-state index in [1.165, 1.54) is 13.8 Å². The summed E-state index contributed by atoms with van der Waals surface area (Å²) in [7, 11) is -0.812. The number of ether oxygens (including phenoxy) is 1. The van der Waals surface area contributed by atoms with Crippen LogP contribution in [0.4, 0.5) is 24.7 Å². The fraction of sp³-hybridized carbons (Fsp3) is 0.357. The molecule has 2 heterocycles. The van der Waals surface area contributed by atoms with Crippen molar-refractivity contribution in [3.8, 4) is 17.0 Å². The zero-order chi connectivity index (χ0) is 30.2. The molecular weight excluding hydrogens is 561 g/mol. The minimum atomic E-state index is -4.73. The summed E-state index contributed by atoms with van der Waals surface area (Å²) in [6, 6.07) is 13.8. The smallest absolute Gasteiger partial charge is 0.416 e. The second kappa shape index (κ2) is 11.2. The first-order valence-corrected chi connectivity index (χ1v) is 14.2. The zero-order valence-electron chi connectivity index (χ0n) is 22.9. The Bertz CT molecular complexity index is 1540. The Balaban J connectivity index is 1.74. The predicted molar refractivity (Wildman–Crippen MR) is 148 cm³/mol. The molecule has 0 radical (unpaired) electrons. The van der Waals surface area contributed by atoms with Crippen molar-refractivity contribution in [1.82, 2.24) is 10.3 Å². The highest BCUT2D eigenvalue weighted by atomic mass is 32.2. The van der Waals surface area contributed by atoms with Gasteiger partial charge in [0, 0.05) is 32.6 Å². The molecule has 0 unspecified atom stereocenters. The van der Waals surface area contributed by atoms with Gasteiger partial charge in [-0.05, 0) is 62.4 Å². The monoisotopic (exact) mass is 592 g/mol. The molecule has 0 saturated carbocycles. The van der Waals surface area contributed by atoms with Gasteiger partial charge in [-0.1, -0.05) is 12.1 Å². The summed E-state index contributed by atoms with van der Waals surface area (Å²) in [4.78, 5) is 17.9. The largest absolute Gasteiger partial charge is 0.486 e. The van der Waals surface area contributed by atoms with E-state index in [2.05, 4.69) is 10.3 Å². The lowest BCUT2D eigenvalue weighted by molar-refractivity contribution is -0.138. The predicted octanol–water partition coefficient (Wildman–Crippen LogP) is 4.07. The van der Waals surface area contributed by atoms with E-state index in [-0.39, 0.29) is 30.9 Å². The maximum Gasteiger partial charge on any atom is 0.416 e. The molecule has 0 bridgehead atoms. The van der Waals surface area contributed by atoms with E-state index in [0.717, 1.165) is 22.5 Å². The number of anilines is 2. The Kier molecular flexibility index (Phi) is 8.23. The molecule has 1 atom stereocenters. The number of nitrogens with one attached hydrogen (secondary N) is 1. The highest BCUT2D eigenvalue weighted by molar-refractivity contribution is 7.92. The maximum absolute atomic E-state index is 13.9. The number of halogens is 3. The lowest BCUT2D eigenvalue weighted by Gasteiger charge is -2.36. The quantitative estimate of drug-likeness (QED) is 0.406. The Morgan fingerprint density at radius 1 is 1.12 bits per heavy atom. The van der Waals surface area contributed by atoms with Crippen molar-refractivity contribution in [2.75, 3.05) is 36.4 Å². The molecule has 1 aliphatic rings. The van der Waals surface area contributed by atoms with Crippen molar-refractivity contribution in [3.05, 3.63) is 66.2 Å². The Morgan fingerprint density at radius 2 is 1.83 bits per heavy atom. The summed E-state index contributed by atoms with van der Waals surface area (Å²) in [6.07, 6.45) is -5.30. The van der Waals surface area contributed by atoms with Crippen LogP contribution in [0.2, 0.25) is 0 Å². The summed E-state index contributed by atoms with van der Waals surface area (Å²) in [5, 5.41) is 12.4. The summed E-state index contributed by atoms with van der Waals surface area (Å²) >= 11 is 0. The van der Waals surface area contributed by atoms with Crippen LogP contribution >= 0.6 is 0 Å². The van der Waals surface area contributed by atoms with Gasteiger partial charge in [0.2, 0.25) is 0 Å². The number of amides is 1. The number of rotatable bonds is 8. The molecule has 1 aromatic heterocycles. The van der Waals surface area contributed by atoms with Crippen LogP contribution in [0.3, 0.4) is 0 Å². The number of carbonyl (C=O) groups is 1. The van der Waals surface area contributed by atoms with Gasteiger partial charge in [-0.25, -0.2) is 13.4 Å². The fourth-order valence-corrected chi connectivity index (χ4v) is 5.75. The van der Waals surface area contributed by atoms with Crippen molar-refractivity contribution in [3.63, 3.8) is 0 Å². The minimum absolute atomic E-state index is 0.0690. The standard InChI is InChI=1S/C28H31F3N4O5S/c1-27(2,37)26(36)32-14-13-20-17-35(41(38,39)21-8-5-7-19(16-21)28(29,30)31)23-15-18(11-12-24(23)40-20)22-9-6-10-25(33-22)34(3)4/h5-12,15-16,20,37H,13-14,17H2,1-4H3,(H,32,36)/t20-/m0/s1. The van der Waals surface area contributed by atoms with Crippen LogP contribution in [0.25, 0.3) is 11.3 Å². The van der Waals surface area contributed by atoms with Gasteiger partial charge in [-0.15, -0.1) is 0 Å². The molecule has 1 amide bonds. The Morgan fingerprint density at radius 3 is 2.49 bits per heavy atom. The van der Waals surface area contributed by atoms with Gasteiger partial charge in [0.15, 0.2) is 0 Å². The van der Waals surface area contributed by atoms with Crippen LogP contribution in [-0.2, 0) is 21.0 Å². The molecule has 0 saturated heterocycles. The second-order valence-electron chi connectivity index (χ2n) is 10.4. The number of alkyl halides is 3. The molecular formula is C28H31F3N4O5S. The number of carbonyl (C=O) groups excluding carboxylic acids is 1. The molecule has 0 aliphatic carbocycles. The molecule has 13 heteroatoms. The van der Waals surface area contributed by atoms with Crippen molar-refractivity contribution >= 4 is 27.4 Å². The van der Waals surface area contributed by atoms with Gasteiger partial charge in [0.05, 0.1) is 28.4 Å². The van der Waals surface area contributed by atoms with E-state index in [0.29, 0.717) is 23.1 Å². The summed E-state index contributed by atoms with van der Waals surface area (Å²) in [6.45, 7) is 2.51. The van der Waals surface area contributed by atoms with Crippen molar-refractivity contribution in [1.29, 1.82) is 0 Å². The van der Waals surface area contributed by atoms with Crippen LogP contribution in [-0.4, -0.2) is 63.3 Å². The molecule has 41 heavy (non-hydrogen) atoms. The first-order chi connectivity index (χ1) is 19.1. The SMILES string of the molecule is CN(C)c1cccc(-c2ccc3c(c2)N(S(=O)(=O)c2cccc(C(F)(F)F)c2)C[C@H](CCNC(=O)C(C)(C)O)O3)n1. The number of sulfonamides is 1. The third-order valence-electron chi connectivity index (χ3n) is 6.44. The molecule has 4 rings (SSSR count). The van der Waals surface area contributed by atoms with Gasteiger partial charge in [0.1, 0.15) is 23.3 Å². The molecule has 0 spiro atoms. The summed E-state index contributed by atoms with van der Waals surface area (Å²) in [5.74, 6) is 0.274. The van der Waals surface area contributed by atoms with Gasteiger partial charge < -0.3 is 20.1 Å². The van der Waals surface area contributed by atoms with E-state index < -0.39 is 44.3 Å². The molecule has 2 N–H and O–H groups in total. The topological polar surface area (TPSA) is 112 Å². The number of aromatic nitrogens is 1. The normalized spacial score (nSPS) is 15.6. The van der Waals surface area contributed by atoms with E-state index >= 15 is 0 Å². The maximum atomic E-state index is 13.9. The first kappa shape index (κ1) is 30.1. The molecule has 9 nitrogen and oxygen atoms in total.